The standard InChI is InChI=1S/C39H73NO4/c1-3-5-7-9-11-13-15-17-18-19-20-21-23-25-27-29-31-33-38(43)37(35-41)40-39(44)34-36(42)32-30-28-26-24-22-16-14-12-10-8-6-4-2/h18-19,23,25,31,33,36-38,41-43H,3-17,20-22,24,26-30,32,34-35H2,1-2H3,(H,40,44)/b19-18+,25-23+,33-31+. The highest BCUT2D eigenvalue weighted by Gasteiger charge is 2.20. The van der Waals surface area contributed by atoms with Crippen LogP contribution in [0.25, 0.3) is 0 Å². The Morgan fingerprint density at radius 1 is 0.568 bits per heavy atom. The zero-order valence-electron chi connectivity index (χ0n) is 29.0. The smallest absolute Gasteiger partial charge is 0.222 e. The molecule has 0 aliphatic rings. The maximum absolute atomic E-state index is 12.3. The fourth-order valence-corrected chi connectivity index (χ4v) is 5.49. The van der Waals surface area contributed by atoms with E-state index in [4.69, 9.17) is 0 Å². The number of hydrogen-bond acceptors (Lipinski definition) is 4. The van der Waals surface area contributed by atoms with Crippen molar-refractivity contribution in [2.75, 3.05) is 6.61 Å². The average molecular weight is 620 g/mol. The third kappa shape index (κ3) is 30.6. The molecule has 0 aromatic carbocycles. The summed E-state index contributed by atoms with van der Waals surface area (Å²) in [6.45, 7) is 4.17. The van der Waals surface area contributed by atoms with Crippen molar-refractivity contribution in [2.45, 2.75) is 199 Å². The topological polar surface area (TPSA) is 89.8 Å². The SMILES string of the molecule is CCCCCCCCC/C=C/CC/C=C/CC/C=C/C(O)C(CO)NC(=O)CC(O)CCCCCCCCCCCCCC. The Morgan fingerprint density at radius 3 is 1.45 bits per heavy atom. The van der Waals surface area contributed by atoms with E-state index in [1.165, 1.54) is 116 Å². The highest BCUT2D eigenvalue weighted by atomic mass is 16.3. The van der Waals surface area contributed by atoms with Gasteiger partial charge in [0, 0.05) is 0 Å². The summed E-state index contributed by atoms with van der Waals surface area (Å²) >= 11 is 0. The van der Waals surface area contributed by atoms with Crippen LogP contribution in [0.2, 0.25) is 0 Å². The molecular formula is C39H73NO4. The number of allylic oxidation sites excluding steroid dienone is 5. The number of nitrogens with one attached hydrogen (secondary N) is 1. The number of aliphatic hydroxyl groups is 3. The van der Waals surface area contributed by atoms with Gasteiger partial charge in [0.25, 0.3) is 0 Å². The van der Waals surface area contributed by atoms with E-state index >= 15 is 0 Å². The van der Waals surface area contributed by atoms with Crippen molar-refractivity contribution in [3.05, 3.63) is 36.5 Å². The lowest BCUT2D eigenvalue weighted by Crippen LogP contribution is -2.45. The molecule has 5 heteroatoms. The lowest BCUT2D eigenvalue weighted by atomic mass is 10.0. The molecule has 258 valence electrons. The predicted molar refractivity (Wildman–Crippen MR) is 190 cm³/mol. The van der Waals surface area contributed by atoms with Crippen LogP contribution in [0.3, 0.4) is 0 Å². The minimum atomic E-state index is -0.956. The van der Waals surface area contributed by atoms with Crippen LogP contribution < -0.4 is 5.32 Å². The molecule has 0 aromatic rings. The summed E-state index contributed by atoms with van der Waals surface area (Å²) in [4.78, 5) is 12.3. The van der Waals surface area contributed by atoms with Crippen LogP contribution in [-0.4, -0.2) is 46.1 Å². The van der Waals surface area contributed by atoms with Gasteiger partial charge < -0.3 is 20.6 Å². The Kier molecular flexibility index (Phi) is 33.3. The lowest BCUT2D eigenvalue weighted by molar-refractivity contribution is -0.124. The van der Waals surface area contributed by atoms with E-state index in [1.54, 1.807) is 6.08 Å². The van der Waals surface area contributed by atoms with Crippen LogP contribution >= 0.6 is 0 Å². The molecule has 4 N–H and O–H groups in total. The average Bonchev–Trinajstić information content (AvgIpc) is 3.01. The van der Waals surface area contributed by atoms with E-state index in [0.717, 1.165) is 38.5 Å². The maximum Gasteiger partial charge on any atom is 0.222 e. The first-order chi connectivity index (χ1) is 21.5. The van der Waals surface area contributed by atoms with E-state index in [9.17, 15) is 20.1 Å². The van der Waals surface area contributed by atoms with Gasteiger partial charge in [-0.2, -0.15) is 0 Å². The summed E-state index contributed by atoms with van der Waals surface area (Å²) in [6, 6.07) is -0.763. The highest BCUT2D eigenvalue weighted by molar-refractivity contribution is 5.76. The Balaban J connectivity index is 3.82. The highest BCUT2D eigenvalue weighted by Crippen LogP contribution is 2.14. The number of carbonyl (C=O) groups is 1. The molecule has 44 heavy (non-hydrogen) atoms. The number of unbranched alkanes of at least 4 members (excludes halogenated alkanes) is 20. The normalized spacial score (nSPS) is 14.2. The van der Waals surface area contributed by atoms with Gasteiger partial charge in [-0.25, -0.2) is 0 Å². The molecule has 0 aliphatic carbocycles. The lowest BCUT2D eigenvalue weighted by Gasteiger charge is -2.21. The van der Waals surface area contributed by atoms with Crippen LogP contribution in [0.1, 0.15) is 181 Å². The number of carbonyl (C=O) groups excluding carboxylic acids is 1. The van der Waals surface area contributed by atoms with Crippen molar-refractivity contribution >= 4 is 5.91 Å². The Hall–Kier alpha value is -1.43. The van der Waals surface area contributed by atoms with E-state index < -0.39 is 18.2 Å². The molecule has 3 atom stereocenters. The summed E-state index contributed by atoms with van der Waals surface area (Å²) < 4.78 is 0. The Bertz CT molecular complexity index is 690. The monoisotopic (exact) mass is 620 g/mol. The summed E-state index contributed by atoms with van der Waals surface area (Å²) in [5, 5.41) is 33.0. The minimum absolute atomic E-state index is 0.00404. The van der Waals surface area contributed by atoms with Gasteiger partial charge in [-0.15, -0.1) is 0 Å². The molecule has 0 saturated carbocycles. The molecule has 0 bridgehead atoms. The molecule has 5 nitrogen and oxygen atoms in total. The molecule has 0 radical (unpaired) electrons. The maximum atomic E-state index is 12.3. The van der Waals surface area contributed by atoms with Gasteiger partial charge in [-0.05, 0) is 44.9 Å². The van der Waals surface area contributed by atoms with Gasteiger partial charge in [-0.1, -0.05) is 166 Å². The van der Waals surface area contributed by atoms with Gasteiger partial charge in [0.15, 0.2) is 0 Å². The summed E-state index contributed by atoms with van der Waals surface area (Å²) in [6.07, 6.45) is 41.2. The molecule has 0 spiro atoms. The van der Waals surface area contributed by atoms with Crippen molar-refractivity contribution in [3.63, 3.8) is 0 Å². The van der Waals surface area contributed by atoms with Gasteiger partial charge >= 0.3 is 0 Å². The molecule has 0 aliphatic heterocycles. The number of rotatable bonds is 33. The molecule has 0 rings (SSSR count). The molecule has 0 saturated heterocycles. The Morgan fingerprint density at radius 2 is 0.977 bits per heavy atom. The quantitative estimate of drug-likeness (QED) is 0.0435. The van der Waals surface area contributed by atoms with Crippen molar-refractivity contribution < 1.29 is 20.1 Å². The molecule has 0 heterocycles. The second kappa shape index (κ2) is 34.4. The van der Waals surface area contributed by atoms with Crippen LogP contribution in [-0.2, 0) is 4.79 Å². The van der Waals surface area contributed by atoms with Crippen LogP contribution in [0.15, 0.2) is 36.5 Å². The van der Waals surface area contributed by atoms with E-state index in [-0.39, 0.29) is 18.9 Å². The van der Waals surface area contributed by atoms with E-state index in [2.05, 4.69) is 43.5 Å². The van der Waals surface area contributed by atoms with Crippen molar-refractivity contribution in [3.8, 4) is 0 Å². The van der Waals surface area contributed by atoms with Crippen molar-refractivity contribution in [2.24, 2.45) is 0 Å². The van der Waals surface area contributed by atoms with E-state index in [1.807, 2.05) is 6.08 Å². The fraction of sp³-hybridized carbons (Fsp3) is 0.821. The number of aliphatic hydroxyl groups excluding tert-OH is 3. The van der Waals surface area contributed by atoms with Crippen LogP contribution in [0, 0.1) is 0 Å². The third-order valence-electron chi connectivity index (χ3n) is 8.41. The number of amides is 1. The second-order valence-corrected chi connectivity index (χ2v) is 12.8. The van der Waals surface area contributed by atoms with Gasteiger partial charge in [-0.3, -0.25) is 4.79 Å². The summed E-state index contributed by atoms with van der Waals surface area (Å²) in [5.41, 5.74) is 0. The first-order valence-electron chi connectivity index (χ1n) is 18.8. The second-order valence-electron chi connectivity index (χ2n) is 12.8. The fourth-order valence-electron chi connectivity index (χ4n) is 5.49. The molecule has 0 aromatic heterocycles. The van der Waals surface area contributed by atoms with Crippen LogP contribution in [0.5, 0.6) is 0 Å². The van der Waals surface area contributed by atoms with Gasteiger partial charge in [0.05, 0.1) is 31.3 Å². The van der Waals surface area contributed by atoms with Crippen molar-refractivity contribution in [1.82, 2.24) is 5.32 Å². The molecule has 1 amide bonds. The largest absolute Gasteiger partial charge is 0.394 e. The van der Waals surface area contributed by atoms with E-state index in [0.29, 0.717) is 6.42 Å². The first-order valence-corrected chi connectivity index (χ1v) is 18.8. The summed E-state index contributed by atoms with van der Waals surface area (Å²) in [5.74, 6) is -0.331. The van der Waals surface area contributed by atoms with Gasteiger partial charge in [0.1, 0.15) is 0 Å². The van der Waals surface area contributed by atoms with Crippen molar-refractivity contribution in [1.29, 1.82) is 0 Å². The number of hydrogen-bond donors (Lipinski definition) is 4. The predicted octanol–water partition coefficient (Wildman–Crippen LogP) is 10.0. The molecular weight excluding hydrogens is 546 g/mol. The summed E-state index contributed by atoms with van der Waals surface area (Å²) in [7, 11) is 0. The Labute approximate surface area is 273 Å². The zero-order valence-corrected chi connectivity index (χ0v) is 29.0. The minimum Gasteiger partial charge on any atom is -0.394 e. The zero-order chi connectivity index (χ0) is 32.4. The molecule has 3 unspecified atom stereocenters. The first kappa shape index (κ1) is 42.6. The third-order valence-corrected chi connectivity index (χ3v) is 8.41. The van der Waals surface area contributed by atoms with Crippen LogP contribution in [0.4, 0.5) is 0 Å². The molecule has 0 fully saturated rings. The van der Waals surface area contributed by atoms with Gasteiger partial charge in [0.2, 0.25) is 5.91 Å².